The molecule has 3 heterocycles. The molecule has 0 N–H and O–H groups in total. The molecular formula is C24H26N6O. The highest BCUT2D eigenvalue weighted by atomic mass is 16.2. The second-order valence-corrected chi connectivity index (χ2v) is 8.19. The molecule has 3 aromatic rings. The average Bonchev–Trinajstić information content (AvgIpc) is 3.36. The van der Waals surface area contributed by atoms with Crippen molar-refractivity contribution in [3.05, 3.63) is 48.9 Å². The summed E-state index contributed by atoms with van der Waals surface area (Å²) >= 11 is 0. The smallest absolute Gasteiger partial charge is 0.249 e. The predicted octanol–water partition coefficient (Wildman–Crippen LogP) is 4.10. The molecule has 1 aliphatic carbocycles. The zero-order valence-electron chi connectivity index (χ0n) is 17.9. The van der Waals surface area contributed by atoms with Gasteiger partial charge in [-0.3, -0.25) is 9.78 Å². The van der Waals surface area contributed by atoms with Gasteiger partial charge in [0.2, 0.25) is 5.91 Å². The van der Waals surface area contributed by atoms with Crippen LogP contribution in [0.1, 0.15) is 39.0 Å². The summed E-state index contributed by atoms with van der Waals surface area (Å²) in [6.45, 7) is 2.07. The molecule has 1 saturated carbocycles. The molecule has 7 nitrogen and oxygen atoms in total. The van der Waals surface area contributed by atoms with Crippen molar-refractivity contribution in [3.8, 4) is 22.8 Å². The Bertz CT molecular complexity index is 1100. The SMILES string of the molecule is CC[C@@H]1C(=O)N(C)c2cnc(-c3nccnc3-c3ccccc3)nc2N1C1CCCC1. The van der Waals surface area contributed by atoms with Gasteiger partial charge >= 0.3 is 0 Å². The minimum absolute atomic E-state index is 0.114. The molecule has 0 bridgehead atoms. The maximum absolute atomic E-state index is 13.1. The molecule has 2 aromatic heterocycles. The third kappa shape index (κ3) is 3.34. The van der Waals surface area contributed by atoms with E-state index in [4.69, 9.17) is 4.98 Å². The van der Waals surface area contributed by atoms with Crippen LogP contribution >= 0.6 is 0 Å². The van der Waals surface area contributed by atoms with Crippen LogP contribution in [0.2, 0.25) is 0 Å². The van der Waals surface area contributed by atoms with Crippen LogP contribution in [-0.2, 0) is 4.79 Å². The largest absolute Gasteiger partial charge is 0.340 e. The number of hydrogen-bond donors (Lipinski definition) is 0. The standard InChI is InChI=1S/C24H26N6O/c1-3-18-24(31)29(2)19-15-27-22(28-23(19)30(18)17-11-7-8-12-17)21-20(25-13-14-26-21)16-9-5-4-6-10-16/h4-6,9-10,13-15,17-18H,3,7-8,11-12H2,1-2H3/t18-/m1/s1. The van der Waals surface area contributed by atoms with Crippen molar-refractivity contribution < 1.29 is 4.79 Å². The van der Waals surface area contributed by atoms with Crippen molar-refractivity contribution in [2.75, 3.05) is 16.8 Å². The molecule has 1 aromatic carbocycles. The summed E-state index contributed by atoms with van der Waals surface area (Å²) in [6.07, 6.45) is 10.4. The normalized spacial score (nSPS) is 19.0. The van der Waals surface area contributed by atoms with Gasteiger partial charge in [-0.25, -0.2) is 15.0 Å². The van der Waals surface area contributed by atoms with E-state index in [0.29, 0.717) is 17.6 Å². The quantitative estimate of drug-likeness (QED) is 0.640. The number of fused-ring (bicyclic) bond motifs is 1. The van der Waals surface area contributed by atoms with E-state index < -0.39 is 0 Å². The summed E-state index contributed by atoms with van der Waals surface area (Å²) in [5.74, 6) is 1.48. The first-order valence-corrected chi connectivity index (χ1v) is 11.0. The van der Waals surface area contributed by atoms with Crippen LogP contribution in [0.3, 0.4) is 0 Å². The van der Waals surface area contributed by atoms with Gasteiger partial charge in [0.1, 0.15) is 17.4 Å². The average molecular weight is 415 g/mol. The Balaban J connectivity index is 1.66. The summed E-state index contributed by atoms with van der Waals surface area (Å²) in [5.41, 5.74) is 3.13. The molecule has 0 unspecified atom stereocenters. The summed E-state index contributed by atoms with van der Waals surface area (Å²) in [5, 5.41) is 0. The van der Waals surface area contributed by atoms with Crippen LogP contribution < -0.4 is 9.80 Å². The maximum Gasteiger partial charge on any atom is 0.249 e. The first kappa shape index (κ1) is 19.6. The fourth-order valence-electron chi connectivity index (χ4n) is 4.81. The van der Waals surface area contributed by atoms with Crippen molar-refractivity contribution in [1.82, 2.24) is 19.9 Å². The third-order valence-electron chi connectivity index (χ3n) is 6.37. The number of anilines is 2. The Morgan fingerprint density at radius 2 is 1.71 bits per heavy atom. The third-order valence-corrected chi connectivity index (χ3v) is 6.37. The minimum Gasteiger partial charge on any atom is -0.340 e. The van der Waals surface area contributed by atoms with E-state index in [1.165, 1.54) is 12.8 Å². The molecule has 2 aliphatic rings. The van der Waals surface area contributed by atoms with Crippen LogP contribution in [0.15, 0.2) is 48.9 Å². The molecule has 1 fully saturated rings. The van der Waals surface area contributed by atoms with Crippen molar-refractivity contribution in [3.63, 3.8) is 0 Å². The summed E-state index contributed by atoms with van der Waals surface area (Å²) in [4.78, 5) is 35.8. The molecule has 1 aliphatic heterocycles. The van der Waals surface area contributed by atoms with Gasteiger partial charge in [0.25, 0.3) is 0 Å². The molecule has 1 atom stereocenters. The number of aromatic nitrogens is 4. The van der Waals surface area contributed by atoms with Gasteiger partial charge in [-0.15, -0.1) is 0 Å². The Kier molecular flexibility index (Phi) is 5.10. The van der Waals surface area contributed by atoms with Gasteiger partial charge in [0, 0.05) is 31.0 Å². The number of hydrogen-bond acceptors (Lipinski definition) is 6. The zero-order chi connectivity index (χ0) is 21.4. The van der Waals surface area contributed by atoms with E-state index in [0.717, 1.165) is 42.0 Å². The summed E-state index contributed by atoms with van der Waals surface area (Å²) in [6, 6.07) is 10.1. The number of carbonyl (C=O) groups excluding carboxylic acids is 1. The monoisotopic (exact) mass is 414 g/mol. The van der Waals surface area contributed by atoms with Gasteiger partial charge in [-0.2, -0.15) is 0 Å². The molecule has 1 amide bonds. The summed E-state index contributed by atoms with van der Waals surface area (Å²) in [7, 11) is 1.82. The van der Waals surface area contributed by atoms with E-state index in [2.05, 4.69) is 26.8 Å². The van der Waals surface area contributed by atoms with Crippen molar-refractivity contribution in [2.24, 2.45) is 0 Å². The molecule has 0 radical (unpaired) electrons. The fraction of sp³-hybridized carbons (Fsp3) is 0.375. The lowest BCUT2D eigenvalue weighted by Crippen LogP contribution is -2.55. The molecule has 0 saturated heterocycles. The highest BCUT2D eigenvalue weighted by Gasteiger charge is 2.41. The van der Waals surface area contributed by atoms with Crippen molar-refractivity contribution >= 4 is 17.4 Å². The van der Waals surface area contributed by atoms with Crippen LogP contribution in [0.4, 0.5) is 11.5 Å². The summed E-state index contributed by atoms with van der Waals surface area (Å²) < 4.78 is 0. The van der Waals surface area contributed by atoms with E-state index in [1.54, 1.807) is 23.5 Å². The lowest BCUT2D eigenvalue weighted by Gasteiger charge is -2.43. The Morgan fingerprint density at radius 3 is 2.42 bits per heavy atom. The minimum atomic E-state index is -0.196. The van der Waals surface area contributed by atoms with E-state index in [-0.39, 0.29) is 11.9 Å². The molecular weight excluding hydrogens is 388 g/mol. The first-order chi connectivity index (χ1) is 15.2. The van der Waals surface area contributed by atoms with Gasteiger partial charge < -0.3 is 9.80 Å². The van der Waals surface area contributed by atoms with Gasteiger partial charge in [-0.1, -0.05) is 50.1 Å². The highest BCUT2D eigenvalue weighted by Crippen LogP contribution is 2.40. The topological polar surface area (TPSA) is 75.1 Å². The number of carbonyl (C=O) groups is 1. The second kappa shape index (κ2) is 8.06. The molecule has 158 valence electrons. The van der Waals surface area contributed by atoms with E-state index >= 15 is 0 Å². The van der Waals surface area contributed by atoms with Gasteiger partial charge in [0.15, 0.2) is 11.6 Å². The van der Waals surface area contributed by atoms with Crippen LogP contribution in [-0.4, -0.2) is 45.0 Å². The number of rotatable bonds is 4. The van der Waals surface area contributed by atoms with Crippen molar-refractivity contribution in [2.45, 2.75) is 51.1 Å². The Labute approximate surface area is 182 Å². The van der Waals surface area contributed by atoms with E-state index in [1.807, 2.05) is 37.4 Å². The van der Waals surface area contributed by atoms with Crippen LogP contribution in [0.25, 0.3) is 22.8 Å². The van der Waals surface area contributed by atoms with Crippen LogP contribution in [0, 0.1) is 0 Å². The molecule has 0 spiro atoms. The zero-order valence-corrected chi connectivity index (χ0v) is 17.9. The van der Waals surface area contributed by atoms with Gasteiger partial charge in [-0.05, 0) is 19.3 Å². The van der Waals surface area contributed by atoms with Crippen LogP contribution in [0.5, 0.6) is 0 Å². The Morgan fingerprint density at radius 1 is 1.00 bits per heavy atom. The Hall–Kier alpha value is -3.35. The van der Waals surface area contributed by atoms with Gasteiger partial charge in [0.05, 0.1) is 11.9 Å². The molecule has 5 rings (SSSR count). The second-order valence-electron chi connectivity index (χ2n) is 8.19. The molecule has 7 heteroatoms. The fourth-order valence-corrected chi connectivity index (χ4v) is 4.81. The lowest BCUT2D eigenvalue weighted by molar-refractivity contribution is -0.120. The van der Waals surface area contributed by atoms with Crippen molar-refractivity contribution in [1.29, 1.82) is 0 Å². The number of nitrogens with zero attached hydrogens (tertiary/aromatic N) is 6. The number of amides is 1. The van der Waals surface area contributed by atoms with E-state index in [9.17, 15) is 4.79 Å². The lowest BCUT2D eigenvalue weighted by atomic mass is 10.0. The predicted molar refractivity (Wildman–Crippen MR) is 121 cm³/mol. The molecule has 31 heavy (non-hydrogen) atoms. The number of likely N-dealkylation sites (N-methyl/N-ethyl adjacent to an activating group) is 1. The maximum atomic E-state index is 13.1. The highest BCUT2D eigenvalue weighted by molar-refractivity contribution is 6.04. The number of benzene rings is 1. The first-order valence-electron chi connectivity index (χ1n) is 11.0.